The van der Waals surface area contributed by atoms with Gasteiger partial charge in [0.15, 0.2) is 11.5 Å². The van der Waals surface area contributed by atoms with Crippen molar-refractivity contribution in [1.29, 1.82) is 0 Å². The minimum Gasteiger partial charge on any atom is -0.454 e. The topological polar surface area (TPSA) is 84.0 Å². The molecule has 3 aromatic rings. The molecule has 8 nitrogen and oxygen atoms in total. The summed E-state index contributed by atoms with van der Waals surface area (Å²) in [6, 6.07) is 13.6. The lowest BCUT2D eigenvalue weighted by atomic mass is 10.1. The molecule has 2 aliphatic heterocycles. The van der Waals surface area contributed by atoms with Crippen molar-refractivity contribution in [3.63, 3.8) is 0 Å². The van der Waals surface area contributed by atoms with E-state index in [0.717, 1.165) is 5.82 Å². The Kier molecular flexibility index (Phi) is 6.17. The van der Waals surface area contributed by atoms with E-state index in [1.807, 2.05) is 6.07 Å². The second-order valence-corrected chi connectivity index (χ2v) is 8.67. The molecule has 0 radical (unpaired) electrons. The summed E-state index contributed by atoms with van der Waals surface area (Å²) >= 11 is 12.1. The Morgan fingerprint density at radius 3 is 2.44 bits per heavy atom. The van der Waals surface area contributed by atoms with E-state index in [9.17, 15) is 9.59 Å². The van der Waals surface area contributed by atoms with Crippen LogP contribution in [0.4, 0.5) is 11.5 Å². The summed E-state index contributed by atoms with van der Waals surface area (Å²) in [5.41, 5.74) is 1.49. The first-order chi connectivity index (χ1) is 16.5. The highest BCUT2D eigenvalue weighted by Gasteiger charge is 2.24. The quantitative estimate of drug-likeness (QED) is 0.576. The molecule has 5 rings (SSSR count). The van der Waals surface area contributed by atoms with Gasteiger partial charge in [-0.05, 0) is 48.5 Å². The molecule has 0 aliphatic carbocycles. The number of nitrogens with zero attached hydrogens (tertiary/aromatic N) is 3. The van der Waals surface area contributed by atoms with Crippen LogP contribution in [-0.2, 0) is 0 Å². The summed E-state index contributed by atoms with van der Waals surface area (Å²) in [5, 5.41) is 3.68. The van der Waals surface area contributed by atoms with E-state index in [2.05, 4.69) is 15.2 Å². The standard InChI is InChI=1S/C24H20Cl2N4O4/c25-16-2-4-18(19(26)12-16)24(32)30-9-7-29(8-10-30)22-6-3-17(13-27-22)28-23(31)15-1-5-20-21(11-15)34-14-33-20/h1-6,11-13H,7-10,14H2,(H,28,31). The van der Waals surface area contributed by atoms with Crippen LogP contribution in [0.25, 0.3) is 0 Å². The zero-order valence-electron chi connectivity index (χ0n) is 18.0. The van der Waals surface area contributed by atoms with Crippen LogP contribution in [-0.4, -0.2) is 54.7 Å². The molecule has 1 fully saturated rings. The molecular weight excluding hydrogens is 479 g/mol. The molecular formula is C24H20Cl2N4O4. The summed E-state index contributed by atoms with van der Waals surface area (Å²) in [6.45, 7) is 2.51. The molecule has 0 unspecified atom stereocenters. The molecule has 0 bridgehead atoms. The number of piperazine rings is 1. The fraction of sp³-hybridized carbons (Fsp3) is 0.208. The van der Waals surface area contributed by atoms with Gasteiger partial charge in [0, 0.05) is 36.8 Å². The highest BCUT2D eigenvalue weighted by molar-refractivity contribution is 6.36. The fourth-order valence-corrected chi connectivity index (χ4v) is 4.35. The molecule has 2 amide bonds. The highest BCUT2D eigenvalue weighted by atomic mass is 35.5. The Labute approximate surface area is 206 Å². The SMILES string of the molecule is O=C(Nc1ccc(N2CCN(C(=O)c3ccc(Cl)cc3Cl)CC2)nc1)c1ccc2c(c1)OCO2. The van der Waals surface area contributed by atoms with Gasteiger partial charge in [0.2, 0.25) is 6.79 Å². The van der Waals surface area contributed by atoms with Gasteiger partial charge in [-0.15, -0.1) is 0 Å². The van der Waals surface area contributed by atoms with Crippen molar-refractivity contribution in [2.75, 3.05) is 43.2 Å². The van der Waals surface area contributed by atoms with Crippen LogP contribution in [0.5, 0.6) is 11.5 Å². The predicted molar refractivity (Wildman–Crippen MR) is 129 cm³/mol. The minimum atomic E-state index is -0.263. The van der Waals surface area contributed by atoms with E-state index in [0.29, 0.717) is 64.5 Å². The van der Waals surface area contributed by atoms with Gasteiger partial charge >= 0.3 is 0 Å². The van der Waals surface area contributed by atoms with E-state index in [4.69, 9.17) is 32.7 Å². The number of amides is 2. The normalized spacial score (nSPS) is 14.8. The lowest BCUT2D eigenvalue weighted by molar-refractivity contribution is 0.0746. The molecule has 34 heavy (non-hydrogen) atoms. The van der Waals surface area contributed by atoms with E-state index in [1.165, 1.54) is 0 Å². The third kappa shape index (κ3) is 4.60. The van der Waals surface area contributed by atoms with Gasteiger partial charge < -0.3 is 24.6 Å². The molecule has 1 aromatic heterocycles. The minimum absolute atomic E-state index is 0.115. The first kappa shape index (κ1) is 22.3. The molecule has 0 saturated carbocycles. The van der Waals surface area contributed by atoms with Crippen LogP contribution < -0.4 is 19.7 Å². The average Bonchev–Trinajstić information content (AvgIpc) is 3.32. The zero-order chi connectivity index (χ0) is 23.7. The maximum Gasteiger partial charge on any atom is 0.255 e. The van der Waals surface area contributed by atoms with Crippen molar-refractivity contribution in [3.05, 3.63) is 75.9 Å². The molecule has 10 heteroatoms. The lowest BCUT2D eigenvalue weighted by Gasteiger charge is -2.35. The van der Waals surface area contributed by atoms with Crippen LogP contribution in [0.15, 0.2) is 54.7 Å². The first-order valence-corrected chi connectivity index (χ1v) is 11.4. The van der Waals surface area contributed by atoms with Gasteiger partial charge in [-0.25, -0.2) is 4.98 Å². The molecule has 1 N–H and O–H groups in total. The number of carbonyl (C=O) groups is 2. The van der Waals surface area contributed by atoms with E-state index < -0.39 is 0 Å². The highest BCUT2D eigenvalue weighted by Crippen LogP contribution is 2.32. The van der Waals surface area contributed by atoms with Crippen LogP contribution in [0.2, 0.25) is 10.0 Å². The van der Waals surface area contributed by atoms with Crippen LogP contribution in [0, 0.1) is 0 Å². The molecule has 0 spiro atoms. The number of carbonyl (C=O) groups excluding carboxylic acids is 2. The van der Waals surface area contributed by atoms with E-state index >= 15 is 0 Å². The summed E-state index contributed by atoms with van der Waals surface area (Å²) in [6.07, 6.45) is 1.62. The second-order valence-electron chi connectivity index (χ2n) is 7.83. The Hall–Kier alpha value is -3.49. The second kappa shape index (κ2) is 9.40. The van der Waals surface area contributed by atoms with Crippen molar-refractivity contribution < 1.29 is 19.1 Å². The van der Waals surface area contributed by atoms with Crippen molar-refractivity contribution in [3.8, 4) is 11.5 Å². The monoisotopic (exact) mass is 498 g/mol. The van der Waals surface area contributed by atoms with Crippen molar-refractivity contribution in [2.24, 2.45) is 0 Å². The van der Waals surface area contributed by atoms with Gasteiger partial charge in [-0.1, -0.05) is 23.2 Å². The number of aromatic nitrogens is 1. The maximum atomic E-state index is 12.8. The molecule has 174 valence electrons. The van der Waals surface area contributed by atoms with E-state index in [-0.39, 0.29) is 18.6 Å². The van der Waals surface area contributed by atoms with Crippen LogP contribution in [0.1, 0.15) is 20.7 Å². The predicted octanol–water partition coefficient (Wildman–Crippen LogP) is 4.33. The summed E-state index contributed by atoms with van der Waals surface area (Å²) in [5.74, 6) is 1.58. The largest absolute Gasteiger partial charge is 0.454 e. The molecule has 3 heterocycles. The van der Waals surface area contributed by atoms with Gasteiger partial charge in [-0.3, -0.25) is 9.59 Å². The summed E-state index contributed by atoms with van der Waals surface area (Å²) in [4.78, 5) is 33.7. The number of hydrogen-bond acceptors (Lipinski definition) is 6. The fourth-order valence-electron chi connectivity index (χ4n) is 3.86. The Bertz CT molecular complexity index is 1240. The third-order valence-corrected chi connectivity index (χ3v) is 6.24. The average molecular weight is 499 g/mol. The third-order valence-electron chi connectivity index (χ3n) is 5.69. The van der Waals surface area contributed by atoms with Gasteiger partial charge in [-0.2, -0.15) is 0 Å². The number of anilines is 2. The number of hydrogen-bond donors (Lipinski definition) is 1. The Morgan fingerprint density at radius 2 is 1.71 bits per heavy atom. The number of pyridine rings is 1. The first-order valence-electron chi connectivity index (χ1n) is 10.6. The number of rotatable bonds is 4. The van der Waals surface area contributed by atoms with Crippen LogP contribution >= 0.6 is 23.2 Å². The number of fused-ring (bicyclic) bond motifs is 1. The van der Waals surface area contributed by atoms with E-state index in [1.54, 1.807) is 53.6 Å². The summed E-state index contributed by atoms with van der Waals surface area (Å²) in [7, 11) is 0. The lowest BCUT2D eigenvalue weighted by Crippen LogP contribution is -2.49. The van der Waals surface area contributed by atoms with Gasteiger partial charge in [0.1, 0.15) is 5.82 Å². The summed E-state index contributed by atoms with van der Waals surface area (Å²) < 4.78 is 10.6. The van der Waals surface area contributed by atoms with Crippen LogP contribution in [0.3, 0.4) is 0 Å². The molecule has 0 atom stereocenters. The number of ether oxygens (including phenoxy) is 2. The maximum absolute atomic E-state index is 12.8. The number of nitrogens with one attached hydrogen (secondary N) is 1. The zero-order valence-corrected chi connectivity index (χ0v) is 19.5. The van der Waals surface area contributed by atoms with Crippen molar-refractivity contribution in [2.45, 2.75) is 0 Å². The van der Waals surface area contributed by atoms with Gasteiger partial charge in [0.25, 0.3) is 11.8 Å². The molecule has 2 aromatic carbocycles. The number of benzene rings is 2. The Balaban J connectivity index is 1.18. The van der Waals surface area contributed by atoms with Gasteiger partial charge in [0.05, 0.1) is 22.5 Å². The molecule has 1 saturated heterocycles. The van der Waals surface area contributed by atoms with Crippen molar-refractivity contribution in [1.82, 2.24) is 9.88 Å². The van der Waals surface area contributed by atoms with Crippen molar-refractivity contribution >= 4 is 46.5 Å². The smallest absolute Gasteiger partial charge is 0.255 e. The number of halogens is 2. The Morgan fingerprint density at radius 1 is 0.912 bits per heavy atom. The molecule has 2 aliphatic rings.